The number of hydrogen-bond donors (Lipinski definition) is 1. The van der Waals surface area contributed by atoms with E-state index in [0.29, 0.717) is 11.6 Å². The Balaban J connectivity index is 2.88. The van der Waals surface area contributed by atoms with Gasteiger partial charge in [0, 0.05) is 13.1 Å². The number of nitrogens with zero attached hydrogens (tertiary/aromatic N) is 3. The van der Waals surface area contributed by atoms with Gasteiger partial charge < -0.3 is 5.11 Å². The van der Waals surface area contributed by atoms with Crippen molar-refractivity contribution >= 4 is 17.6 Å². The number of carboxylic acids is 1. The number of hydrogen-bond acceptors (Lipinski definition) is 3. The Bertz CT molecular complexity index is 404. The lowest BCUT2D eigenvalue weighted by atomic mass is 10.3. The van der Waals surface area contributed by atoms with Gasteiger partial charge in [-0.05, 0) is 20.4 Å². The lowest BCUT2D eigenvalue weighted by Gasteiger charge is -2.14. The van der Waals surface area contributed by atoms with Crippen molar-refractivity contribution in [3.8, 4) is 0 Å². The van der Waals surface area contributed by atoms with E-state index in [0.717, 1.165) is 24.4 Å². The first-order valence-electron chi connectivity index (χ1n) is 5.63. The summed E-state index contributed by atoms with van der Waals surface area (Å²) in [6.45, 7) is 5.21. The number of aromatic nitrogens is 2. The molecule has 1 N–H and O–H groups in total. The molecule has 0 bridgehead atoms. The summed E-state index contributed by atoms with van der Waals surface area (Å²) in [6, 6.07) is 0. The summed E-state index contributed by atoms with van der Waals surface area (Å²) in [5.41, 5.74) is 1.75. The van der Waals surface area contributed by atoms with Crippen LogP contribution in [0.5, 0.6) is 0 Å². The SMILES string of the molecule is CCc1nn(CC)c(CN(C)CC(=O)O)c1Cl. The van der Waals surface area contributed by atoms with Crippen LogP contribution in [0.4, 0.5) is 0 Å². The third-order valence-corrected chi connectivity index (χ3v) is 2.96. The minimum atomic E-state index is -0.845. The number of rotatable bonds is 6. The highest BCUT2D eigenvalue weighted by molar-refractivity contribution is 6.31. The molecule has 5 nitrogen and oxygen atoms in total. The summed E-state index contributed by atoms with van der Waals surface area (Å²) in [5.74, 6) is -0.845. The second-order valence-electron chi connectivity index (χ2n) is 3.94. The van der Waals surface area contributed by atoms with Gasteiger partial charge in [-0.2, -0.15) is 5.10 Å². The number of carbonyl (C=O) groups is 1. The fourth-order valence-corrected chi connectivity index (χ4v) is 2.04. The maximum atomic E-state index is 10.6. The zero-order valence-corrected chi connectivity index (χ0v) is 11.2. The van der Waals surface area contributed by atoms with E-state index in [-0.39, 0.29) is 6.54 Å². The van der Waals surface area contributed by atoms with E-state index in [1.54, 1.807) is 11.9 Å². The van der Waals surface area contributed by atoms with Crippen LogP contribution in [0.15, 0.2) is 0 Å². The topological polar surface area (TPSA) is 58.4 Å². The molecule has 1 rings (SSSR count). The number of aliphatic carboxylic acids is 1. The van der Waals surface area contributed by atoms with Crippen LogP contribution in [0.1, 0.15) is 25.2 Å². The molecular formula is C11H18ClN3O2. The van der Waals surface area contributed by atoms with Crippen molar-refractivity contribution in [2.24, 2.45) is 0 Å². The molecule has 96 valence electrons. The minimum absolute atomic E-state index is 0.00726. The smallest absolute Gasteiger partial charge is 0.317 e. The van der Waals surface area contributed by atoms with Crippen molar-refractivity contribution in [1.82, 2.24) is 14.7 Å². The van der Waals surface area contributed by atoms with Crippen LogP contribution in [-0.2, 0) is 24.3 Å². The summed E-state index contributed by atoms with van der Waals surface area (Å²) in [7, 11) is 1.75. The second-order valence-corrected chi connectivity index (χ2v) is 4.32. The highest BCUT2D eigenvalue weighted by Crippen LogP contribution is 2.22. The molecule has 0 spiro atoms. The molecular weight excluding hydrogens is 242 g/mol. The molecule has 0 saturated heterocycles. The number of carboxylic acid groups (broad SMARTS) is 1. The van der Waals surface area contributed by atoms with Crippen molar-refractivity contribution in [2.45, 2.75) is 33.4 Å². The van der Waals surface area contributed by atoms with Crippen molar-refractivity contribution in [1.29, 1.82) is 0 Å². The van der Waals surface area contributed by atoms with E-state index in [2.05, 4.69) is 5.10 Å². The molecule has 0 atom stereocenters. The van der Waals surface area contributed by atoms with Gasteiger partial charge in [0.2, 0.25) is 0 Å². The Labute approximate surface area is 106 Å². The van der Waals surface area contributed by atoms with E-state index < -0.39 is 5.97 Å². The Hall–Kier alpha value is -1.07. The van der Waals surface area contributed by atoms with Gasteiger partial charge in [0.15, 0.2) is 0 Å². The molecule has 0 aliphatic rings. The molecule has 0 unspecified atom stereocenters. The van der Waals surface area contributed by atoms with Crippen molar-refractivity contribution in [3.63, 3.8) is 0 Å². The molecule has 0 radical (unpaired) electrons. The van der Waals surface area contributed by atoms with Crippen LogP contribution >= 0.6 is 11.6 Å². The van der Waals surface area contributed by atoms with E-state index >= 15 is 0 Å². The third kappa shape index (κ3) is 3.44. The highest BCUT2D eigenvalue weighted by Gasteiger charge is 2.16. The molecule has 0 aliphatic carbocycles. The van der Waals surface area contributed by atoms with Crippen LogP contribution in [0.25, 0.3) is 0 Å². The van der Waals surface area contributed by atoms with Crippen LogP contribution in [0.3, 0.4) is 0 Å². The molecule has 0 fully saturated rings. The van der Waals surface area contributed by atoms with Crippen molar-refractivity contribution < 1.29 is 9.90 Å². The molecule has 17 heavy (non-hydrogen) atoms. The predicted molar refractivity (Wildman–Crippen MR) is 66.3 cm³/mol. The summed E-state index contributed by atoms with van der Waals surface area (Å²) in [4.78, 5) is 12.3. The number of halogens is 1. The first-order chi connectivity index (χ1) is 7.99. The first-order valence-corrected chi connectivity index (χ1v) is 6.01. The monoisotopic (exact) mass is 259 g/mol. The van der Waals surface area contributed by atoms with Gasteiger partial charge in [-0.15, -0.1) is 0 Å². The Morgan fingerprint density at radius 3 is 2.65 bits per heavy atom. The van der Waals surface area contributed by atoms with Gasteiger partial charge in [0.05, 0.1) is 23.0 Å². The van der Waals surface area contributed by atoms with Crippen LogP contribution in [0.2, 0.25) is 5.02 Å². The van der Waals surface area contributed by atoms with Crippen molar-refractivity contribution in [3.05, 3.63) is 16.4 Å². The lowest BCUT2D eigenvalue weighted by molar-refractivity contribution is -0.138. The summed E-state index contributed by atoms with van der Waals surface area (Å²) < 4.78 is 1.83. The fourth-order valence-electron chi connectivity index (χ4n) is 1.71. The van der Waals surface area contributed by atoms with Crippen LogP contribution < -0.4 is 0 Å². The van der Waals surface area contributed by atoms with E-state index in [1.807, 2.05) is 18.5 Å². The Kier molecular flexibility index (Phi) is 4.96. The summed E-state index contributed by atoms with van der Waals surface area (Å²) in [6.07, 6.45) is 0.779. The molecule has 0 aromatic carbocycles. The molecule has 0 amide bonds. The fraction of sp³-hybridized carbons (Fsp3) is 0.636. The van der Waals surface area contributed by atoms with Gasteiger partial charge in [-0.3, -0.25) is 14.4 Å². The Morgan fingerprint density at radius 1 is 1.53 bits per heavy atom. The van der Waals surface area contributed by atoms with Crippen LogP contribution in [0, 0.1) is 0 Å². The first kappa shape index (κ1) is 14.0. The lowest BCUT2D eigenvalue weighted by Crippen LogP contribution is -2.26. The summed E-state index contributed by atoms with van der Waals surface area (Å²) >= 11 is 6.23. The Morgan fingerprint density at radius 2 is 2.18 bits per heavy atom. The molecule has 0 aliphatic heterocycles. The molecule has 1 aromatic heterocycles. The van der Waals surface area contributed by atoms with Crippen molar-refractivity contribution in [2.75, 3.05) is 13.6 Å². The van der Waals surface area contributed by atoms with Gasteiger partial charge in [-0.25, -0.2) is 0 Å². The van der Waals surface area contributed by atoms with E-state index in [9.17, 15) is 4.79 Å². The molecule has 0 saturated carbocycles. The van der Waals surface area contributed by atoms with Gasteiger partial charge in [0.1, 0.15) is 0 Å². The van der Waals surface area contributed by atoms with E-state index in [4.69, 9.17) is 16.7 Å². The zero-order chi connectivity index (χ0) is 13.0. The van der Waals surface area contributed by atoms with Crippen LogP contribution in [-0.4, -0.2) is 39.3 Å². The van der Waals surface area contributed by atoms with E-state index in [1.165, 1.54) is 0 Å². The maximum Gasteiger partial charge on any atom is 0.317 e. The zero-order valence-electron chi connectivity index (χ0n) is 10.4. The average molecular weight is 260 g/mol. The molecule has 6 heteroatoms. The number of likely N-dealkylation sites (N-methyl/N-ethyl adjacent to an activating group) is 1. The predicted octanol–water partition coefficient (Wildman–Crippen LogP) is 1.64. The molecule has 1 heterocycles. The standard InChI is InChI=1S/C11H18ClN3O2/c1-4-8-11(12)9(15(5-2)13-8)6-14(3)7-10(16)17/h4-7H2,1-3H3,(H,16,17). The average Bonchev–Trinajstić information content (AvgIpc) is 2.55. The normalized spacial score (nSPS) is 11.1. The summed E-state index contributed by atoms with van der Waals surface area (Å²) in [5, 5.41) is 13.8. The largest absolute Gasteiger partial charge is 0.480 e. The van der Waals surface area contributed by atoms with Gasteiger partial charge in [-0.1, -0.05) is 18.5 Å². The second kappa shape index (κ2) is 6.02. The van der Waals surface area contributed by atoms with Gasteiger partial charge >= 0.3 is 5.97 Å². The van der Waals surface area contributed by atoms with Gasteiger partial charge in [0.25, 0.3) is 0 Å². The highest BCUT2D eigenvalue weighted by atomic mass is 35.5. The third-order valence-electron chi connectivity index (χ3n) is 2.52. The minimum Gasteiger partial charge on any atom is -0.480 e. The quantitative estimate of drug-likeness (QED) is 0.844. The number of aryl methyl sites for hydroxylation is 2. The molecule has 1 aromatic rings. The maximum absolute atomic E-state index is 10.6.